The van der Waals surface area contributed by atoms with Crippen molar-refractivity contribution in [2.24, 2.45) is 0 Å². The van der Waals surface area contributed by atoms with Gasteiger partial charge in [0, 0.05) is 0 Å². The standard InChI is InChI=1S/CF.H3O4P.O/c1-2;1-5(2,3)4;/h;(H3,1,2,3,4);/q+3;;+2. The number of hydrogen-bond acceptors (Lipinski definition) is 1. The Labute approximate surface area is 45.3 Å². The van der Waals surface area contributed by atoms with Gasteiger partial charge in [-0.15, -0.1) is 0 Å². The third kappa shape index (κ3) is 63599999999999998152674797225508864. The van der Waals surface area contributed by atoms with Gasteiger partial charge in [-0.2, -0.15) is 0 Å². The van der Waals surface area contributed by atoms with E-state index in [1.165, 1.54) is 0 Å². The molecule has 0 aromatic rings. The summed E-state index contributed by atoms with van der Waals surface area (Å²) in [4.78, 5) is 21.6. The van der Waals surface area contributed by atoms with E-state index in [0.29, 0.717) is 0 Å². The first kappa shape index (κ1) is 15.7. The quantitative estimate of drug-likeness (QED) is 0.397. The summed E-state index contributed by atoms with van der Waals surface area (Å²) in [6.07, 6.45) is 0. The van der Waals surface area contributed by atoms with Gasteiger partial charge in [0.15, 0.2) is 0 Å². The van der Waals surface area contributed by atoms with E-state index in [-0.39, 0.29) is 5.48 Å². The zero-order valence-electron chi connectivity index (χ0n) is 3.48. The maximum absolute atomic E-state index is 8.88. The Morgan fingerprint density at radius 1 is 1.25 bits per heavy atom. The van der Waals surface area contributed by atoms with Crippen molar-refractivity contribution in [3.05, 3.63) is 7.18 Å². The fourth-order valence-electron chi connectivity index (χ4n) is 0. The van der Waals surface area contributed by atoms with Gasteiger partial charge in [-0.1, -0.05) is 0 Å². The largest absolute Gasteiger partial charge is 2.00 e. The number of phosphoric acid groups is 1. The minimum Gasteiger partial charge on any atom is 2.00 e. The Kier molecular flexibility index (Phi) is 13.7. The Morgan fingerprint density at radius 2 is 1.25 bits per heavy atom. The van der Waals surface area contributed by atoms with Crippen molar-refractivity contribution in [2.45, 2.75) is 0 Å². The molecule has 0 aromatic heterocycles. The van der Waals surface area contributed by atoms with Crippen LogP contribution in [0, 0.1) is 7.18 Å². The van der Waals surface area contributed by atoms with Crippen molar-refractivity contribution in [1.29, 1.82) is 0 Å². The molecule has 0 spiro atoms. The zero-order valence-corrected chi connectivity index (χ0v) is 4.38. The molecule has 0 aliphatic heterocycles. The molecule has 44 valence electrons. The van der Waals surface area contributed by atoms with Crippen molar-refractivity contribution in [1.82, 2.24) is 0 Å². The summed E-state index contributed by atoms with van der Waals surface area (Å²) in [6.45, 7) is 0. The van der Waals surface area contributed by atoms with E-state index in [9.17, 15) is 0 Å². The van der Waals surface area contributed by atoms with E-state index in [0.717, 1.165) is 0 Å². The minimum absolute atomic E-state index is 0. The third-order valence-corrected chi connectivity index (χ3v) is 0. The van der Waals surface area contributed by atoms with E-state index in [2.05, 4.69) is 7.18 Å². The maximum atomic E-state index is 8.88. The van der Waals surface area contributed by atoms with Crippen molar-refractivity contribution < 1.29 is 29.1 Å². The summed E-state index contributed by atoms with van der Waals surface area (Å²) in [5.41, 5.74) is 0. The van der Waals surface area contributed by atoms with Crippen LogP contribution < -0.4 is 0 Å². The van der Waals surface area contributed by atoms with E-state index >= 15 is 0 Å². The number of halogens is 1. The SMILES string of the molecule is O=P(O)(O)O.[C+3]F.[O+2]. The summed E-state index contributed by atoms with van der Waals surface area (Å²) in [7, 11) is -0.389. The summed E-state index contributed by atoms with van der Waals surface area (Å²) in [5, 5.41) is 0. The van der Waals surface area contributed by atoms with Crippen LogP contribution in [0.4, 0.5) is 4.39 Å². The monoisotopic (exact) mass is 145 g/mol. The van der Waals surface area contributed by atoms with Crippen LogP contribution in [-0.4, -0.2) is 14.7 Å². The Hall–Kier alpha value is -0.0000000000000000486. The molecule has 0 saturated heterocycles. The van der Waals surface area contributed by atoms with Gasteiger partial charge in [0.25, 0.3) is 0 Å². The van der Waals surface area contributed by atoms with Crippen LogP contribution in [-0.2, 0) is 10.0 Å². The molecule has 0 aliphatic rings. The topological polar surface area (TPSA) is 106 Å². The Morgan fingerprint density at radius 3 is 1.25 bits per heavy atom. The van der Waals surface area contributed by atoms with Gasteiger partial charge < -0.3 is 14.7 Å². The second-order valence-corrected chi connectivity index (χ2v) is 1.54. The second-order valence-electron chi connectivity index (χ2n) is 0.513. The molecule has 0 heterocycles. The first-order valence-corrected chi connectivity index (χ1v) is 2.54. The fraction of sp³-hybridized carbons (Fsp3) is 0. The van der Waals surface area contributed by atoms with Crippen LogP contribution in [0.1, 0.15) is 0 Å². The predicted octanol–water partition coefficient (Wildman–Crippen LogP) is -0.546. The summed E-state index contributed by atoms with van der Waals surface area (Å²) >= 11 is 0. The van der Waals surface area contributed by atoms with Crippen molar-refractivity contribution in [3.63, 3.8) is 0 Å². The predicted molar refractivity (Wildman–Crippen MR) is 19.3 cm³/mol. The molecule has 0 unspecified atom stereocenters. The molecule has 5 nitrogen and oxygen atoms in total. The molecule has 8 heavy (non-hydrogen) atoms. The van der Waals surface area contributed by atoms with Gasteiger partial charge >= 0.3 is 24.9 Å². The van der Waals surface area contributed by atoms with Crippen LogP contribution >= 0.6 is 7.82 Å². The van der Waals surface area contributed by atoms with E-state index in [1.807, 2.05) is 0 Å². The third-order valence-electron chi connectivity index (χ3n) is 0. The van der Waals surface area contributed by atoms with Crippen LogP contribution in [0.5, 0.6) is 0 Å². The summed E-state index contributed by atoms with van der Waals surface area (Å²) < 4.78 is 17.6. The molecule has 3 N–H and O–H groups in total. The minimum atomic E-state index is -4.64. The molecule has 0 atom stereocenters. The van der Waals surface area contributed by atoms with E-state index in [1.54, 1.807) is 0 Å². The normalized spacial score (nSPS) is 8.25. The van der Waals surface area contributed by atoms with Crippen LogP contribution in [0.15, 0.2) is 0 Å². The average molecular weight is 145 g/mol. The van der Waals surface area contributed by atoms with Gasteiger partial charge in [-0.05, 0) is 0 Å². The summed E-state index contributed by atoms with van der Waals surface area (Å²) in [6, 6.07) is 0. The molecule has 0 aliphatic carbocycles. The molecule has 7 heteroatoms. The first-order chi connectivity index (χ1) is 3.00. The molecule has 0 amide bonds. The second kappa shape index (κ2) is 7.00. The first-order valence-electron chi connectivity index (χ1n) is 0.972. The van der Waals surface area contributed by atoms with Gasteiger partial charge in [-0.25, -0.2) is 4.57 Å². The molecule has 0 saturated carbocycles. The van der Waals surface area contributed by atoms with Crippen LogP contribution in [0.3, 0.4) is 0 Å². The van der Waals surface area contributed by atoms with Crippen molar-refractivity contribution >= 4 is 7.82 Å². The zero-order chi connectivity index (χ0) is 6.50. The molecular formula is CH3FO5P+5. The molecule has 0 fully saturated rings. The molecule has 0 aromatic carbocycles. The van der Waals surface area contributed by atoms with E-state index < -0.39 is 7.82 Å². The van der Waals surface area contributed by atoms with E-state index in [4.69, 9.17) is 23.6 Å². The molecule has 4 radical (unpaired) electrons. The van der Waals surface area contributed by atoms with Crippen molar-refractivity contribution in [3.8, 4) is 0 Å². The van der Waals surface area contributed by atoms with Gasteiger partial charge in [-0.3, -0.25) is 0 Å². The van der Waals surface area contributed by atoms with Gasteiger partial charge in [0.05, 0.1) is 0 Å². The van der Waals surface area contributed by atoms with Crippen LogP contribution in [0.25, 0.3) is 0 Å². The molecular weight excluding hydrogens is 142 g/mol. The maximum Gasteiger partial charge on any atom is 2.00 e. The average Bonchev–Trinajstić information content (AvgIpc) is 1.36. The summed E-state index contributed by atoms with van der Waals surface area (Å²) in [5.74, 6) is 0. The van der Waals surface area contributed by atoms with Gasteiger partial charge in [0.1, 0.15) is 0 Å². The van der Waals surface area contributed by atoms with Crippen molar-refractivity contribution in [2.75, 3.05) is 0 Å². The Balaban J connectivity index is -0.0000000750. The Bertz CT molecular complexity index is 58.6. The molecule has 0 bridgehead atoms. The number of rotatable bonds is 0. The fourth-order valence-corrected chi connectivity index (χ4v) is 0. The van der Waals surface area contributed by atoms with Crippen LogP contribution in [0.2, 0.25) is 0 Å². The molecule has 0 rings (SSSR count). The number of hydrogen-bond donors (Lipinski definition) is 3. The van der Waals surface area contributed by atoms with Gasteiger partial charge in [0.2, 0.25) is 0 Å². The smallest absolute Gasteiger partial charge is 2.00 e.